The largest absolute Gasteiger partial charge is 0.379 e. The molecule has 0 aliphatic carbocycles. The third kappa shape index (κ3) is 4.46. The van der Waals surface area contributed by atoms with Crippen molar-refractivity contribution in [3.8, 4) is 10.4 Å². The lowest BCUT2D eigenvalue weighted by atomic mass is 10.1. The summed E-state index contributed by atoms with van der Waals surface area (Å²) in [6, 6.07) is 11.4. The Labute approximate surface area is 151 Å². The second kappa shape index (κ2) is 8.27. The number of benzene rings is 1. The van der Waals surface area contributed by atoms with E-state index in [2.05, 4.69) is 10.6 Å². The van der Waals surface area contributed by atoms with Gasteiger partial charge in [0.25, 0.3) is 11.8 Å². The smallest absolute Gasteiger partial charge is 0.261 e. The van der Waals surface area contributed by atoms with Crippen molar-refractivity contribution in [2.45, 2.75) is 25.8 Å². The molecule has 1 fully saturated rings. The molecule has 1 aliphatic heterocycles. The minimum Gasteiger partial charge on any atom is -0.379 e. The lowest BCUT2D eigenvalue weighted by Crippen LogP contribution is -2.34. The summed E-state index contributed by atoms with van der Waals surface area (Å²) in [5, 5.41) is 5.86. The van der Waals surface area contributed by atoms with Crippen LogP contribution >= 0.6 is 11.3 Å². The molecule has 2 aromatic rings. The van der Waals surface area contributed by atoms with E-state index in [1.165, 1.54) is 11.3 Å². The van der Waals surface area contributed by atoms with Gasteiger partial charge in [-0.3, -0.25) is 9.59 Å². The zero-order valence-electron chi connectivity index (χ0n) is 14.2. The van der Waals surface area contributed by atoms with Gasteiger partial charge in [-0.05, 0) is 42.7 Å². The van der Waals surface area contributed by atoms with Crippen LogP contribution in [0.4, 0.5) is 0 Å². The summed E-state index contributed by atoms with van der Waals surface area (Å²) < 4.78 is 5.27. The molecule has 1 aromatic heterocycles. The Kier molecular flexibility index (Phi) is 5.83. The van der Waals surface area contributed by atoms with E-state index < -0.39 is 0 Å². The fourth-order valence-electron chi connectivity index (χ4n) is 2.64. The zero-order chi connectivity index (χ0) is 17.6. The van der Waals surface area contributed by atoms with Crippen LogP contribution in [0.25, 0.3) is 10.4 Å². The molecular formula is C19H22N2O3S. The van der Waals surface area contributed by atoms with Gasteiger partial charge in [0.1, 0.15) is 0 Å². The first-order valence-corrected chi connectivity index (χ1v) is 9.36. The molecule has 6 heteroatoms. The molecule has 0 spiro atoms. The third-order valence-corrected chi connectivity index (χ3v) is 5.19. The number of thiophene rings is 1. The molecule has 1 aliphatic rings. The van der Waals surface area contributed by atoms with E-state index in [9.17, 15) is 9.59 Å². The van der Waals surface area contributed by atoms with Crippen LogP contribution in [-0.2, 0) is 4.74 Å². The molecular weight excluding hydrogens is 336 g/mol. The molecule has 1 saturated heterocycles. The second-order valence-electron chi connectivity index (χ2n) is 6.03. The highest BCUT2D eigenvalue weighted by atomic mass is 32.1. The van der Waals surface area contributed by atoms with Crippen molar-refractivity contribution in [2.24, 2.45) is 0 Å². The fraction of sp³-hybridized carbons (Fsp3) is 0.368. The Morgan fingerprint density at radius 3 is 2.64 bits per heavy atom. The van der Waals surface area contributed by atoms with Crippen LogP contribution < -0.4 is 10.6 Å². The number of rotatable bonds is 6. The molecule has 2 N–H and O–H groups in total. The van der Waals surface area contributed by atoms with Gasteiger partial charge in [-0.15, -0.1) is 11.3 Å². The summed E-state index contributed by atoms with van der Waals surface area (Å²) in [6.07, 6.45) is 1.78. The first-order valence-electron chi connectivity index (χ1n) is 8.54. The number of ether oxygens (including phenoxy) is 1. The fourth-order valence-corrected chi connectivity index (χ4v) is 3.57. The highest BCUT2D eigenvalue weighted by molar-refractivity contribution is 7.17. The maximum absolute atomic E-state index is 12.2. The minimum absolute atomic E-state index is 0.0344. The Bertz CT molecular complexity index is 733. The number of carbonyl (C=O) groups excluding carboxylic acids is 2. The maximum atomic E-state index is 12.2. The lowest BCUT2D eigenvalue weighted by molar-refractivity contribution is 0.0928. The highest BCUT2D eigenvalue weighted by Gasteiger charge is 2.18. The van der Waals surface area contributed by atoms with Gasteiger partial charge < -0.3 is 15.4 Å². The number of hydrogen-bond acceptors (Lipinski definition) is 4. The first kappa shape index (κ1) is 17.6. The molecule has 1 atom stereocenters. The SMILES string of the molecule is CCCNC(=O)c1ccc(-c2ccc(C(=O)NC3CCOC3)cc2)s1. The van der Waals surface area contributed by atoms with E-state index >= 15 is 0 Å². The predicted molar refractivity (Wildman–Crippen MR) is 99.1 cm³/mol. The molecule has 0 bridgehead atoms. The summed E-state index contributed by atoms with van der Waals surface area (Å²) in [6.45, 7) is 4.00. The van der Waals surface area contributed by atoms with E-state index in [4.69, 9.17) is 4.74 Å². The van der Waals surface area contributed by atoms with Gasteiger partial charge in [0.15, 0.2) is 0 Å². The van der Waals surface area contributed by atoms with Crippen LogP contribution in [0.2, 0.25) is 0 Å². The second-order valence-corrected chi connectivity index (χ2v) is 7.11. The van der Waals surface area contributed by atoms with Crippen molar-refractivity contribution in [3.05, 3.63) is 46.8 Å². The topological polar surface area (TPSA) is 67.4 Å². The molecule has 1 aromatic carbocycles. The van der Waals surface area contributed by atoms with E-state index in [-0.39, 0.29) is 17.9 Å². The quantitative estimate of drug-likeness (QED) is 0.834. The Morgan fingerprint density at radius 1 is 1.16 bits per heavy atom. The average molecular weight is 358 g/mol. The van der Waals surface area contributed by atoms with Crippen LogP contribution in [0.3, 0.4) is 0 Å². The summed E-state index contributed by atoms with van der Waals surface area (Å²) in [7, 11) is 0. The number of nitrogens with one attached hydrogen (secondary N) is 2. The van der Waals surface area contributed by atoms with Gasteiger partial charge in [0.2, 0.25) is 0 Å². The summed E-state index contributed by atoms with van der Waals surface area (Å²) in [5.74, 6) is -0.110. The molecule has 132 valence electrons. The van der Waals surface area contributed by atoms with E-state index in [0.29, 0.717) is 30.2 Å². The molecule has 0 radical (unpaired) electrons. The number of carbonyl (C=O) groups is 2. The van der Waals surface area contributed by atoms with Gasteiger partial charge in [0, 0.05) is 23.6 Å². The van der Waals surface area contributed by atoms with E-state index in [1.807, 2.05) is 43.3 Å². The predicted octanol–water partition coefficient (Wildman–Crippen LogP) is 3.07. The zero-order valence-corrected chi connectivity index (χ0v) is 15.0. The molecule has 1 unspecified atom stereocenters. The minimum atomic E-state index is -0.0761. The van der Waals surface area contributed by atoms with Crippen molar-refractivity contribution >= 4 is 23.2 Å². The average Bonchev–Trinajstić information content (AvgIpc) is 3.31. The van der Waals surface area contributed by atoms with Crippen LogP contribution in [0, 0.1) is 0 Å². The normalized spacial score (nSPS) is 16.6. The van der Waals surface area contributed by atoms with Gasteiger partial charge in [-0.1, -0.05) is 19.1 Å². The third-order valence-electron chi connectivity index (χ3n) is 4.06. The lowest BCUT2D eigenvalue weighted by Gasteiger charge is -2.10. The van der Waals surface area contributed by atoms with Crippen molar-refractivity contribution < 1.29 is 14.3 Å². The van der Waals surface area contributed by atoms with E-state index in [0.717, 1.165) is 23.3 Å². The van der Waals surface area contributed by atoms with Crippen LogP contribution in [0.5, 0.6) is 0 Å². The molecule has 2 amide bonds. The summed E-state index contributed by atoms with van der Waals surface area (Å²) in [4.78, 5) is 25.9. The van der Waals surface area contributed by atoms with Gasteiger partial charge in [0.05, 0.1) is 17.5 Å². The summed E-state index contributed by atoms with van der Waals surface area (Å²) in [5.41, 5.74) is 1.63. The molecule has 5 nitrogen and oxygen atoms in total. The van der Waals surface area contributed by atoms with Crippen molar-refractivity contribution in [1.29, 1.82) is 0 Å². The molecule has 2 heterocycles. The maximum Gasteiger partial charge on any atom is 0.261 e. The van der Waals surface area contributed by atoms with Gasteiger partial charge in [-0.2, -0.15) is 0 Å². The standard InChI is InChI=1S/C19H22N2O3S/c1-2-10-20-19(23)17-8-7-16(25-17)13-3-5-14(6-4-13)18(22)21-15-9-11-24-12-15/h3-8,15H,2,9-12H2,1H3,(H,20,23)(H,21,22). The highest BCUT2D eigenvalue weighted by Crippen LogP contribution is 2.28. The summed E-state index contributed by atoms with van der Waals surface area (Å²) >= 11 is 1.46. The van der Waals surface area contributed by atoms with Crippen molar-refractivity contribution in [1.82, 2.24) is 10.6 Å². The van der Waals surface area contributed by atoms with Crippen molar-refractivity contribution in [3.63, 3.8) is 0 Å². The van der Waals surface area contributed by atoms with Crippen LogP contribution in [0.1, 0.15) is 39.8 Å². The Morgan fingerprint density at radius 2 is 1.96 bits per heavy atom. The van der Waals surface area contributed by atoms with E-state index in [1.54, 1.807) is 0 Å². The van der Waals surface area contributed by atoms with Crippen LogP contribution in [-0.4, -0.2) is 37.6 Å². The number of amides is 2. The number of hydrogen-bond donors (Lipinski definition) is 2. The Hall–Kier alpha value is -2.18. The molecule has 0 saturated carbocycles. The Balaban J connectivity index is 1.64. The first-order chi connectivity index (χ1) is 12.2. The van der Waals surface area contributed by atoms with Crippen molar-refractivity contribution in [2.75, 3.05) is 19.8 Å². The molecule has 25 heavy (non-hydrogen) atoms. The van der Waals surface area contributed by atoms with Gasteiger partial charge >= 0.3 is 0 Å². The monoisotopic (exact) mass is 358 g/mol. The van der Waals surface area contributed by atoms with Gasteiger partial charge in [-0.25, -0.2) is 0 Å². The molecule has 3 rings (SSSR count). The van der Waals surface area contributed by atoms with Crippen LogP contribution in [0.15, 0.2) is 36.4 Å².